The highest BCUT2D eigenvalue weighted by Gasteiger charge is 2.44. The van der Waals surface area contributed by atoms with Crippen molar-refractivity contribution in [3.05, 3.63) is 12.7 Å². The van der Waals surface area contributed by atoms with Crippen molar-refractivity contribution >= 4 is 27.2 Å². The van der Waals surface area contributed by atoms with E-state index in [-0.39, 0.29) is 11.5 Å². The molecule has 24 heavy (non-hydrogen) atoms. The highest BCUT2D eigenvalue weighted by Crippen LogP contribution is 2.30. The van der Waals surface area contributed by atoms with Crippen LogP contribution in [-0.2, 0) is 19.4 Å². The Hall–Kier alpha value is -0.770. The third-order valence-corrected chi connectivity index (χ3v) is 4.39. The van der Waals surface area contributed by atoms with E-state index in [2.05, 4.69) is 16.0 Å². The third kappa shape index (κ3) is 6.27. The minimum Gasteiger partial charge on any atom is -0.394 e. The molecule has 0 aliphatic carbocycles. The second kappa shape index (κ2) is 9.07. The molecule has 140 valence electrons. The van der Waals surface area contributed by atoms with Gasteiger partial charge in [-0.3, -0.25) is 4.55 Å². The minimum atomic E-state index is -4.89. The first-order chi connectivity index (χ1) is 11.1. The Morgan fingerprint density at radius 3 is 2.46 bits per heavy atom. The van der Waals surface area contributed by atoms with E-state index in [1.165, 1.54) is 0 Å². The van der Waals surface area contributed by atoms with Gasteiger partial charge in [0.25, 0.3) is 0 Å². The first-order valence-electron chi connectivity index (χ1n) is 6.59. The van der Waals surface area contributed by atoms with Gasteiger partial charge < -0.3 is 30.3 Å². The number of hydrogen-bond acceptors (Lipinski definition) is 11. The molecule has 1 rings (SSSR count). The number of nitrogens with zero attached hydrogens (tertiary/aromatic N) is 1. The van der Waals surface area contributed by atoms with Gasteiger partial charge in [-0.05, 0) is 0 Å². The number of aliphatic hydroxyl groups excluding tert-OH is 5. The SMILES string of the molecule is C=C[C@@H](O)C/C(=N\OS(=O)(=O)O)S[C@@H]1OC(CO)[C@@H](O)[C@H](O)C1O. The minimum absolute atomic E-state index is 0.218. The van der Waals surface area contributed by atoms with Crippen LogP contribution < -0.4 is 0 Å². The highest BCUT2D eigenvalue weighted by molar-refractivity contribution is 8.14. The molecule has 0 saturated carbocycles. The Balaban J connectivity index is 2.92. The van der Waals surface area contributed by atoms with E-state index in [0.717, 1.165) is 6.08 Å². The van der Waals surface area contributed by atoms with Gasteiger partial charge in [-0.25, -0.2) is 4.28 Å². The van der Waals surface area contributed by atoms with Crippen LogP contribution >= 0.6 is 11.8 Å². The Kier molecular flexibility index (Phi) is 8.04. The molecular weight excluding hydrogens is 370 g/mol. The van der Waals surface area contributed by atoms with Crippen molar-refractivity contribution in [3.8, 4) is 0 Å². The Morgan fingerprint density at radius 1 is 1.33 bits per heavy atom. The molecule has 0 amide bonds. The monoisotopic (exact) mass is 389 g/mol. The molecule has 0 aromatic carbocycles. The molecule has 0 spiro atoms. The van der Waals surface area contributed by atoms with Crippen LogP contribution in [-0.4, -0.2) is 86.1 Å². The topological polar surface area (TPSA) is 186 Å². The zero-order chi connectivity index (χ0) is 18.5. The predicted molar refractivity (Wildman–Crippen MR) is 82.2 cm³/mol. The predicted octanol–water partition coefficient (Wildman–Crippen LogP) is -2.41. The molecule has 0 aromatic rings. The first kappa shape index (κ1) is 21.3. The zero-order valence-electron chi connectivity index (χ0n) is 12.2. The molecule has 1 saturated heterocycles. The van der Waals surface area contributed by atoms with Crippen molar-refractivity contribution < 1.29 is 47.5 Å². The normalized spacial score (nSPS) is 33.1. The summed E-state index contributed by atoms with van der Waals surface area (Å²) in [7, 11) is -4.89. The van der Waals surface area contributed by atoms with E-state index in [1.54, 1.807) is 0 Å². The Morgan fingerprint density at radius 2 is 1.96 bits per heavy atom. The lowest BCUT2D eigenvalue weighted by atomic mass is 10.0. The molecule has 1 fully saturated rings. The molecule has 11 nitrogen and oxygen atoms in total. The molecule has 1 aliphatic heterocycles. The summed E-state index contributed by atoms with van der Waals surface area (Å²) in [5.74, 6) is 0. The molecule has 0 aromatic heterocycles. The second-order valence-corrected chi connectivity index (χ2v) is 6.99. The van der Waals surface area contributed by atoms with Gasteiger partial charge in [-0.1, -0.05) is 23.0 Å². The number of aliphatic hydroxyl groups is 5. The fourth-order valence-corrected chi connectivity index (χ4v) is 3.10. The summed E-state index contributed by atoms with van der Waals surface area (Å²) in [5.41, 5.74) is -1.26. The quantitative estimate of drug-likeness (QED) is 0.0895. The molecular formula is C11H19NO10S2. The lowest BCUT2D eigenvalue weighted by molar-refractivity contribution is -0.205. The van der Waals surface area contributed by atoms with E-state index < -0.39 is 53.0 Å². The van der Waals surface area contributed by atoms with Gasteiger partial charge in [0.05, 0.1) is 12.7 Å². The average Bonchev–Trinajstić information content (AvgIpc) is 2.52. The van der Waals surface area contributed by atoms with Gasteiger partial charge in [0.1, 0.15) is 34.9 Å². The first-order valence-corrected chi connectivity index (χ1v) is 8.84. The lowest BCUT2D eigenvalue weighted by Gasteiger charge is -2.39. The zero-order valence-corrected chi connectivity index (χ0v) is 13.9. The van der Waals surface area contributed by atoms with E-state index in [4.69, 9.17) is 14.4 Å². The molecule has 0 bridgehead atoms. The smallest absolute Gasteiger partial charge is 0.394 e. The van der Waals surface area contributed by atoms with Crippen molar-refractivity contribution in [2.24, 2.45) is 5.16 Å². The van der Waals surface area contributed by atoms with Gasteiger partial charge >= 0.3 is 10.4 Å². The van der Waals surface area contributed by atoms with Crippen LogP contribution in [0.25, 0.3) is 0 Å². The fourth-order valence-electron chi connectivity index (χ4n) is 1.76. The molecule has 2 unspecified atom stereocenters. The second-order valence-electron chi connectivity index (χ2n) is 4.81. The summed E-state index contributed by atoms with van der Waals surface area (Å²) in [6.07, 6.45) is -6.29. The number of oxime groups is 1. The van der Waals surface area contributed by atoms with E-state index in [1.807, 2.05) is 0 Å². The summed E-state index contributed by atoms with van der Waals surface area (Å²) in [4.78, 5) is 0. The Labute approximate surface area is 142 Å². The molecule has 6 atom stereocenters. The number of hydrogen-bond donors (Lipinski definition) is 6. The van der Waals surface area contributed by atoms with Crippen LogP contribution in [0, 0.1) is 0 Å². The third-order valence-electron chi connectivity index (χ3n) is 2.99. The van der Waals surface area contributed by atoms with Crippen molar-refractivity contribution in [1.29, 1.82) is 0 Å². The van der Waals surface area contributed by atoms with Gasteiger partial charge in [-0.15, -0.1) is 6.58 Å². The van der Waals surface area contributed by atoms with Crippen molar-refractivity contribution in [1.82, 2.24) is 0 Å². The van der Waals surface area contributed by atoms with Crippen LogP contribution in [0.4, 0.5) is 0 Å². The maximum absolute atomic E-state index is 10.6. The maximum Gasteiger partial charge on any atom is 0.466 e. The van der Waals surface area contributed by atoms with Crippen LogP contribution in [0.1, 0.15) is 6.42 Å². The molecule has 1 heterocycles. The number of ether oxygens (including phenoxy) is 1. The molecule has 13 heteroatoms. The number of thioether (sulfide) groups is 1. The van der Waals surface area contributed by atoms with Gasteiger partial charge in [-0.2, -0.15) is 8.42 Å². The summed E-state index contributed by atoms with van der Waals surface area (Å²) in [5, 5.41) is 50.8. The Bertz CT molecular complexity index is 551. The van der Waals surface area contributed by atoms with E-state index in [9.17, 15) is 28.8 Å². The van der Waals surface area contributed by atoms with Crippen LogP contribution in [0.2, 0.25) is 0 Å². The van der Waals surface area contributed by atoms with Crippen molar-refractivity contribution in [2.45, 2.75) is 42.4 Å². The van der Waals surface area contributed by atoms with Crippen molar-refractivity contribution in [2.75, 3.05) is 6.61 Å². The van der Waals surface area contributed by atoms with Crippen LogP contribution in [0.5, 0.6) is 0 Å². The fraction of sp³-hybridized carbons (Fsp3) is 0.727. The maximum atomic E-state index is 10.6. The molecule has 6 N–H and O–H groups in total. The van der Waals surface area contributed by atoms with E-state index >= 15 is 0 Å². The van der Waals surface area contributed by atoms with Gasteiger partial charge in [0, 0.05) is 6.42 Å². The van der Waals surface area contributed by atoms with E-state index in [0.29, 0.717) is 11.8 Å². The summed E-state index contributed by atoms with van der Waals surface area (Å²) in [6.45, 7) is 2.67. The van der Waals surface area contributed by atoms with Crippen molar-refractivity contribution in [3.63, 3.8) is 0 Å². The highest BCUT2D eigenvalue weighted by atomic mass is 32.3. The molecule has 0 radical (unpaired) electrons. The largest absolute Gasteiger partial charge is 0.466 e. The van der Waals surface area contributed by atoms with Crippen LogP contribution in [0.3, 0.4) is 0 Å². The lowest BCUT2D eigenvalue weighted by Crippen LogP contribution is -2.57. The molecule has 1 aliphatic rings. The summed E-state index contributed by atoms with van der Waals surface area (Å²) >= 11 is 0.570. The van der Waals surface area contributed by atoms with Crippen LogP contribution in [0.15, 0.2) is 17.8 Å². The van der Waals surface area contributed by atoms with Gasteiger partial charge in [0.2, 0.25) is 0 Å². The van der Waals surface area contributed by atoms with Gasteiger partial charge in [0.15, 0.2) is 0 Å². The average molecular weight is 389 g/mol. The number of rotatable bonds is 7. The summed E-state index contributed by atoms with van der Waals surface area (Å²) < 4.78 is 38.8. The summed E-state index contributed by atoms with van der Waals surface area (Å²) in [6, 6.07) is 0. The standard InChI is InChI=1S/C11H19NO10S2/c1-2-5(14)3-7(12-22-24(18,19)20)23-11-10(17)9(16)8(15)6(4-13)21-11/h2,5-6,8-11,13-17H,1,3-4H2,(H,18,19,20)/b12-7+/t5-,6?,8-,9+,10?,11+/m1/s1.